The van der Waals surface area contributed by atoms with E-state index in [2.05, 4.69) is 0 Å². The summed E-state index contributed by atoms with van der Waals surface area (Å²) in [6, 6.07) is 0. The minimum absolute atomic E-state index is 0.130. The maximum absolute atomic E-state index is 10.2. The SMILES string of the molecule is CO[C@H]1[C@@H]2C=COC(O[C@@H]3O[C@H](CO)[C@@H](O)[C@H](O)[C@H]3O)[C@@H]2[C@@]2(CO)O[C@@H]12. The van der Waals surface area contributed by atoms with Crippen LogP contribution in [0, 0.1) is 11.8 Å². The van der Waals surface area contributed by atoms with Gasteiger partial charge in [-0.05, 0) is 6.08 Å². The van der Waals surface area contributed by atoms with Crippen LogP contribution in [0.2, 0.25) is 0 Å². The molecule has 3 aliphatic heterocycles. The summed E-state index contributed by atoms with van der Waals surface area (Å²) in [5.74, 6) is -0.547. The normalized spacial score (nSPS) is 55.2. The number of fused-ring (bicyclic) bond motifs is 3. The monoisotopic (exact) mass is 376 g/mol. The van der Waals surface area contributed by atoms with Crippen molar-refractivity contribution in [3.63, 3.8) is 0 Å². The number of ether oxygens (including phenoxy) is 5. The average Bonchev–Trinajstić information content (AvgIpc) is 3.31. The van der Waals surface area contributed by atoms with Crippen molar-refractivity contribution in [3.8, 4) is 0 Å². The van der Waals surface area contributed by atoms with Gasteiger partial charge in [-0.25, -0.2) is 0 Å². The highest BCUT2D eigenvalue weighted by atomic mass is 16.8. The second kappa shape index (κ2) is 6.66. The largest absolute Gasteiger partial charge is 0.472 e. The van der Waals surface area contributed by atoms with E-state index in [-0.39, 0.29) is 24.7 Å². The number of methoxy groups -OCH3 is 1. The molecule has 2 saturated heterocycles. The molecule has 1 aliphatic carbocycles. The fourth-order valence-electron chi connectivity index (χ4n) is 4.43. The van der Waals surface area contributed by atoms with Crippen LogP contribution in [0.15, 0.2) is 12.3 Å². The Balaban J connectivity index is 1.54. The van der Waals surface area contributed by atoms with Crippen LogP contribution in [-0.2, 0) is 23.7 Å². The second-order valence-electron chi connectivity index (χ2n) is 7.12. The number of hydrogen-bond acceptors (Lipinski definition) is 10. The number of epoxide rings is 1. The van der Waals surface area contributed by atoms with Crippen molar-refractivity contribution < 1.29 is 49.2 Å². The van der Waals surface area contributed by atoms with E-state index in [1.807, 2.05) is 6.08 Å². The predicted octanol–water partition coefficient (Wildman–Crippen LogP) is -2.94. The fraction of sp³-hybridized carbons (Fsp3) is 0.875. The summed E-state index contributed by atoms with van der Waals surface area (Å²) in [6.07, 6.45) is -5.21. The summed E-state index contributed by atoms with van der Waals surface area (Å²) < 4.78 is 27.9. The zero-order chi connectivity index (χ0) is 18.6. The fourth-order valence-corrected chi connectivity index (χ4v) is 4.43. The Labute approximate surface area is 149 Å². The molecule has 0 aromatic heterocycles. The Morgan fingerprint density at radius 2 is 1.85 bits per heavy atom. The summed E-state index contributed by atoms with van der Waals surface area (Å²) in [5, 5.41) is 49.1. The lowest BCUT2D eigenvalue weighted by atomic mass is 9.85. The van der Waals surface area contributed by atoms with Crippen LogP contribution in [0.1, 0.15) is 0 Å². The van der Waals surface area contributed by atoms with Gasteiger partial charge in [0.25, 0.3) is 0 Å². The first-order valence-electron chi connectivity index (χ1n) is 8.58. The number of rotatable bonds is 5. The van der Waals surface area contributed by atoms with Crippen molar-refractivity contribution in [2.45, 2.75) is 54.8 Å². The Bertz CT molecular complexity index is 555. The minimum Gasteiger partial charge on any atom is -0.472 e. The average molecular weight is 376 g/mol. The van der Waals surface area contributed by atoms with E-state index in [0.29, 0.717) is 0 Å². The number of hydrogen-bond donors (Lipinski definition) is 5. The second-order valence-corrected chi connectivity index (χ2v) is 7.12. The van der Waals surface area contributed by atoms with Gasteiger partial charge in [0.05, 0.1) is 31.5 Å². The lowest BCUT2D eigenvalue weighted by molar-refractivity contribution is -0.344. The third-order valence-corrected chi connectivity index (χ3v) is 5.87. The van der Waals surface area contributed by atoms with E-state index in [4.69, 9.17) is 23.7 Å². The van der Waals surface area contributed by atoms with Gasteiger partial charge in [0.1, 0.15) is 36.1 Å². The van der Waals surface area contributed by atoms with E-state index >= 15 is 0 Å². The highest BCUT2D eigenvalue weighted by molar-refractivity contribution is 5.25. The maximum Gasteiger partial charge on any atom is 0.208 e. The van der Waals surface area contributed by atoms with Crippen molar-refractivity contribution in [2.24, 2.45) is 11.8 Å². The molecule has 11 atom stereocenters. The minimum atomic E-state index is -1.55. The molecule has 26 heavy (non-hydrogen) atoms. The zero-order valence-corrected chi connectivity index (χ0v) is 14.1. The first kappa shape index (κ1) is 18.5. The molecule has 4 aliphatic rings. The van der Waals surface area contributed by atoms with Crippen LogP contribution in [0.3, 0.4) is 0 Å². The molecular formula is C16H24O10. The molecule has 0 radical (unpaired) electrons. The van der Waals surface area contributed by atoms with Crippen molar-refractivity contribution >= 4 is 0 Å². The number of aliphatic hydroxyl groups excluding tert-OH is 5. The van der Waals surface area contributed by atoms with Crippen molar-refractivity contribution in [1.29, 1.82) is 0 Å². The Hall–Kier alpha value is -0.820. The zero-order valence-electron chi connectivity index (χ0n) is 14.1. The summed E-state index contributed by atoms with van der Waals surface area (Å²) in [4.78, 5) is 0. The molecule has 4 rings (SSSR count). The van der Waals surface area contributed by atoms with Gasteiger partial charge in [-0.2, -0.15) is 0 Å². The van der Waals surface area contributed by atoms with E-state index in [0.717, 1.165) is 0 Å². The molecule has 10 heteroatoms. The first-order chi connectivity index (χ1) is 12.5. The summed E-state index contributed by atoms with van der Waals surface area (Å²) >= 11 is 0. The van der Waals surface area contributed by atoms with Crippen LogP contribution >= 0.6 is 0 Å². The third-order valence-electron chi connectivity index (χ3n) is 5.87. The molecule has 0 aromatic carbocycles. The lowest BCUT2D eigenvalue weighted by Gasteiger charge is -2.43. The van der Waals surface area contributed by atoms with Gasteiger partial charge in [-0.15, -0.1) is 0 Å². The molecule has 0 spiro atoms. The Morgan fingerprint density at radius 1 is 1.08 bits per heavy atom. The standard InChI is InChI=1S/C16H24O10/c1-22-12-6-2-3-23-14(8(6)16(5-18)13(12)26-16)25-15-11(21)10(20)9(19)7(4-17)24-15/h2-3,6-15,17-21H,4-5H2,1H3/t6-,7-,8-,9-,10+,11-,12+,13+,14?,15+,16-/m1/s1. The third kappa shape index (κ3) is 2.53. The van der Waals surface area contributed by atoms with E-state index in [1.165, 1.54) is 6.26 Å². The Kier molecular flexibility index (Phi) is 4.75. The van der Waals surface area contributed by atoms with Gasteiger partial charge in [-0.3, -0.25) is 0 Å². The summed E-state index contributed by atoms with van der Waals surface area (Å²) in [5.41, 5.74) is -0.866. The smallest absolute Gasteiger partial charge is 0.208 e. The van der Waals surface area contributed by atoms with E-state index in [9.17, 15) is 25.5 Å². The van der Waals surface area contributed by atoms with Gasteiger partial charge >= 0.3 is 0 Å². The molecule has 1 unspecified atom stereocenters. The van der Waals surface area contributed by atoms with Gasteiger partial charge < -0.3 is 49.2 Å². The number of aliphatic hydroxyl groups is 5. The van der Waals surface area contributed by atoms with Gasteiger partial charge in [0.2, 0.25) is 6.29 Å². The first-order valence-corrected chi connectivity index (χ1v) is 8.58. The molecular weight excluding hydrogens is 352 g/mol. The van der Waals surface area contributed by atoms with Gasteiger partial charge in [-0.1, -0.05) is 0 Å². The summed E-state index contributed by atoms with van der Waals surface area (Å²) in [6.45, 7) is -0.801. The molecule has 3 fully saturated rings. The topological polar surface area (TPSA) is 151 Å². The van der Waals surface area contributed by atoms with Crippen molar-refractivity contribution in [1.82, 2.24) is 0 Å². The van der Waals surface area contributed by atoms with Crippen molar-refractivity contribution in [2.75, 3.05) is 20.3 Å². The van der Waals surface area contributed by atoms with Crippen LogP contribution in [-0.4, -0.2) is 101 Å². The highest BCUT2D eigenvalue weighted by Crippen LogP contribution is 2.60. The van der Waals surface area contributed by atoms with Gasteiger partial charge in [0.15, 0.2) is 6.29 Å². The van der Waals surface area contributed by atoms with Gasteiger partial charge in [0, 0.05) is 13.0 Å². The highest BCUT2D eigenvalue weighted by Gasteiger charge is 2.76. The molecule has 5 N–H and O–H groups in total. The molecule has 3 heterocycles. The van der Waals surface area contributed by atoms with Crippen LogP contribution < -0.4 is 0 Å². The van der Waals surface area contributed by atoms with E-state index < -0.39 is 55.1 Å². The molecule has 148 valence electrons. The predicted molar refractivity (Wildman–Crippen MR) is 81.3 cm³/mol. The van der Waals surface area contributed by atoms with Crippen LogP contribution in [0.5, 0.6) is 0 Å². The Morgan fingerprint density at radius 3 is 2.50 bits per heavy atom. The molecule has 0 bridgehead atoms. The van der Waals surface area contributed by atoms with E-state index in [1.54, 1.807) is 7.11 Å². The molecule has 10 nitrogen and oxygen atoms in total. The quantitative estimate of drug-likeness (QED) is 0.315. The van der Waals surface area contributed by atoms with Crippen molar-refractivity contribution in [3.05, 3.63) is 12.3 Å². The lowest BCUT2D eigenvalue weighted by Crippen LogP contribution is -2.60. The molecule has 0 aromatic rings. The summed E-state index contributed by atoms with van der Waals surface area (Å²) in [7, 11) is 1.56. The maximum atomic E-state index is 10.2. The molecule has 1 saturated carbocycles. The van der Waals surface area contributed by atoms with Crippen LogP contribution in [0.4, 0.5) is 0 Å². The molecule has 0 amide bonds. The van der Waals surface area contributed by atoms with Crippen LogP contribution in [0.25, 0.3) is 0 Å².